The Morgan fingerprint density at radius 3 is 2.42 bits per heavy atom. The quantitative estimate of drug-likeness (QED) is 0.431. The molecule has 0 aliphatic carbocycles. The zero-order chi connectivity index (χ0) is 22.2. The molecule has 0 radical (unpaired) electrons. The Morgan fingerprint density at radius 2 is 1.71 bits per heavy atom. The summed E-state index contributed by atoms with van der Waals surface area (Å²) in [5.41, 5.74) is 5.18. The lowest BCUT2D eigenvalue weighted by atomic mass is 10.1. The molecule has 0 atom stereocenters. The minimum Gasteiger partial charge on any atom is -0.490 e. The van der Waals surface area contributed by atoms with Gasteiger partial charge in [0.2, 0.25) is 0 Å². The molecule has 2 N–H and O–H groups in total. The zero-order valence-electron chi connectivity index (χ0n) is 18.0. The molecular weight excluding hydrogens is 412 g/mol. The Morgan fingerprint density at radius 1 is 0.935 bits per heavy atom. The van der Waals surface area contributed by atoms with E-state index in [0.717, 1.165) is 11.3 Å². The van der Waals surface area contributed by atoms with Gasteiger partial charge in [0.05, 0.1) is 11.6 Å². The van der Waals surface area contributed by atoms with Crippen molar-refractivity contribution in [2.75, 3.05) is 23.8 Å². The van der Waals surface area contributed by atoms with E-state index in [1.807, 2.05) is 49.4 Å². The van der Waals surface area contributed by atoms with Crippen LogP contribution in [0.1, 0.15) is 23.6 Å². The van der Waals surface area contributed by atoms with E-state index < -0.39 is 0 Å². The standard InChI is InChI=1S/C25H27ClN2O3/c1-4-30-23-14-19(15-27-21-11-10-17(2)18(3)12-21)13-22(26)25(23)31-16-24(29)28-20-8-6-5-7-9-20/h5-14,27H,4,15-16H2,1-3H3,(H,28,29). The van der Waals surface area contributed by atoms with E-state index in [9.17, 15) is 4.79 Å². The number of aryl methyl sites for hydroxylation is 2. The molecule has 1 amide bonds. The molecule has 31 heavy (non-hydrogen) atoms. The summed E-state index contributed by atoms with van der Waals surface area (Å²) in [5, 5.41) is 6.59. The highest BCUT2D eigenvalue weighted by Crippen LogP contribution is 2.37. The highest BCUT2D eigenvalue weighted by Gasteiger charge is 2.15. The first-order valence-corrected chi connectivity index (χ1v) is 10.6. The Balaban J connectivity index is 1.67. The highest BCUT2D eigenvalue weighted by molar-refractivity contribution is 6.32. The third-order valence-electron chi connectivity index (χ3n) is 4.78. The molecule has 0 aliphatic heterocycles. The summed E-state index contributed by atoms with van der Waals surface area (Å²) < 4.78 is 11.4. The van der Waals surface area contributed by atoms with E-state index in [1.54, 1.807) is 0 Å². The average molecular weight is 439 g/mol. The summed E-state index contributed by atoms with van der Waals surface area (Å²) >= 11 is 6.48. The molecule has 0 fully saturated rings. The molecule has 0 saturated heterocycles. The molecule has 0 unspecified atom stereocenters. The van der Waals surface area contributed by atoms with Gasteiger partial charge in [-0.25, -0.2) is 0 Å². The van der Waals surface area contributed by atoms with E-state index in [1.165, 1.54) is 11.1 Å². The van der Waals surface area contributed by atoms with Gasteiger partial charge < -0.3 is 20.1 Å². The second-order valence-electron chi connectivity index (χ2n) is 7.19. The fourth-order valence-electron chi connectivity index (χ4n) is 3.04. The van der Waals surface area contributed by atoms with Gasteiger partial charge in [-0.2, -0.15) is 0 Å². The lowest BCUT2D eigenvalue weighted by Gasteiger charge is -2.16. The predicted octanol–water partition coefficient (Wildman–Crippen LogP) is 5.99. The predicted molar refractivity (Wildman–Crippen MR) is 126 cm³/mol. The molecule has 3 aromatic rings. The number of hydrogen-bond donors (Lipinski definition) is 2. The van der Waals surface area contributed by atoms with Crippen molar-refractivity contribution in [1.29, 1.82) is 0 Å². The van der Waals surface area contributed by atoms with Crippen LogP contribution in [0.3, 0.4) is 0 Å². The monoisotopic (exact) mass is 438 g/mol. The minimum absolute atomic E-state index is 0.172. The van der Waals surface area contributed by atoms with Crippen molar-refractivity contribution in [3.63, 3.8) is 0 Å². The number of benzene rings is 3. The Bertz CT molecular complexity index is 1040. The zero-order valence-corrected chi connectivity index (χ0v) is 18.8. The van der Waals surface area contributed by atoms with Crippen molar-refractivity contribution >= 4 is 28.9 Å². The number of para-hydroxylation sites is 1. The molecule has 3 rings (SSSR count). The van der Waals surface area contributed by atoms with Gasteiger partial charge in [0, 0.05) is 17.9 Å². The van der Waals surface area contributed by atoms with Gasteiger partial charge in [0.25, 0.3) is 5.91 Å². The van der Waals surface area contributed by atoms with Crippen LogP contribution in [-0.4, -0.2) is 19.1 Å². The van der Waals surface area contributed by atoms with Gasteiger partial charge in [-0.05, 0) is 73.9 Å². The fourth-order valence-corrected chi connectivity index (χ4v) is 3.33. The average Bonchev–Trinajstić information content (AvgIpc) is 2.75. The Kier molecular flexibility index (Phi) is 7.79. The van der Waals surface area contributed by atoms with E-state index in [2.05, 4.69) is 42.7 Å². The van der Waals surface area contributed by atoms with Crippen molar-refractivity contribution in [2.45, 2.75) is 27.3 Å². The molecule has 6 heteroatoms. The molecule has 3 aromatic carbocycles. The second-order valence-corrected chi connectivity index (χ2v) is 7.60. The molecule has 0 saturated carbocycles. The number of amides is 1. The maximum absolute atomic E-state index is 12.2. The summed E-state index contributed by atoms with van der Waals surface area (Å²) in [7, 11) is 0. The van der Waals surface area contributed by atoms with Gasteiger partial charge in [0.15, 0.2) is 18.1 Å². The van der Waals surface area contributed by atoms with E-state index >= 15 is 0 Å². The fraction of sp³-hybridized carbons (Fsp3) is 0.240. The van der Waals surface area contributed by atoms with Gasteiger partial charge >= 0.3 is 0 Å². The van der Waals surface area contributed by atoms with Crippen LogP contribution in [-0.2, 0) is 11.3 Å². The van der Waals surface area contributed by atoms with Gasteiger partial charge in [-0.1, -0.05) is 35.9 Å². The smallest absolute Gasteiger partial charge is 0.262 e. The third kappa shape index (κ3) is 6.40. The highest BCUT2D eigenvalue weighted by atomic mass is 35.5. The van der Waals surface area contributed by atoms with E-state index in [-0.39, 0.29) is 12.5 Å². The number of halogens is 1. The van der Waals surface area contributed by atoms with Crippen LogP contribution in [0.5, 0.6) is 11.5 Å². The molecule has 0 heterocycles. The number of hydrogen-bond acceptors (Lipinski definition) is 4. The van der Waals surface area contributed by atoms with Gasteiger partial charge in [-0.15, -0.1) is 0 Å². The molecule has 162 valence electrons. The largest absolute Gasteiger partial charge is 0.490 e. The normalized spacial score (nSPS) is 10.5. The lowest BCUT2D eigenvalue weighted by molar-refractivity contribution is -0.118. The summed E-state index contributed by atoms with van der Waals surface area (Å²) in [5.74, 6) is 0.603. The summed E-state index contributed by atoms with van der Waals surface area (Å²) in [6, 6.07) is 19.2. The molecule has 0 aliphatic rings. The minimum atomic E-state index is -0.273. The molecule has 0 spiro atoms. The van der Waals surface area contributed by atoms with E-state index in [4.69, 9.17) is 21.1 Å². The Hall–Kier alpha value is -3.18. The summed E-state index contributed by atoms with van der Waals surface area (Å²) in [6.07, 6.45) is 0. The number of ether oxygens (including phenoxy) is 2. The van der Waals surface area contributed by atoms with Crippen LogP contribution < -0.4 is 20.1 Å². The van der Waals surface area contributed by atoms with Crippen LogP contribution in [0.4, 0.5) is 11.4 Å². The lowest BCUT2D eigenvalue weighted by Crippen LogP contribution is -2.20. The van der Waals surface area contributed by atoms with Crippen molar-refractivity contribution < 1.29 is 14.3 Å². The number of nitrogens with one attached hydrogen (secondary N) is 2. The number of carbonyl (C=O) groups is 1. The first-order chi connectivity index (χ1) is 15.0. The van der Waals surface area contributed by atoms with Gasteiger partial charge in [0.1, 0.15) is 0 Å². The van der Waals surface area contributed by atoms with Crippen molar-refractivity contribution in [3.05, 3.63) is 82.4 Å². The van der Waals surface area contributed by atoms with Crippen molar-refractivity contribution in [3.8, 4) is 11.5 Å². The molecular formula is C25H27ClN2O3. The van der Waals surface area contributed by atoms with Crippen LogP contribution in [0.15, 0.2) is 60.7 Å². The first kappa shape index (κ1) is 22.5. The van der Waals surface area contributed by atoms with E-state index in [0.29, 0.717) is 35.4 Å². The van der Waals surface area contributed by atoms with Gasteiger partial charge in [-0.3, -0.25) is 4.79 Å². The van der Waals surface area contributed by atoms with Crippen LogP contribution in [0.25, 0.3) is 0 Å². The van der Waals surface area contributed by atoms with Crippen LogP contribution in [0.2, 0.25) is 5.02 Å². The summed E-state index contributed by atoms with van der Waals surface area (Å²) in [6.45, 7) is 6.93. The Labute approximate surface area is 188 Å². The maximum Gasteiger partial charge on any atom is 0.262 e. The summed E-state index contributed by atoms with van der Waals surface area (Å²) in [4.78, 5) is 12.2. The second kappa shape index (κ2) is 10.7. The number of carbonyl (C=O) groups excluding carboxylic acids is 1. The van der Waals surface area contributed by atoms with Crippen molar-refractivity contribution in [2.24, 2.45) is 0 Å². The third-order valence-corrected chi connectivity index (χ3v) is 5.06. The van der Waals surface area contributed by atoms with Crippen LogP contribution >= 0.6 is 11.6 Å². The SMILES string of the molecule is CCOc1cc(CNc2ccc(C)c(C)c2)cc(Cl)c1OCC(=O)Nc1ccccc1. The maximum atomic E-state index is 12.2. The number of rotatable bonds is 9. The van der Waals surface area contributed by atoms with Crippen LogP contribution in [0, 0.1) is 13.8 Å². The molecule has 5 nitrogen and oxygen atoms in total. The topological polar surface area (TPSA) is 59.6 Å². The van der Waals surface area contributed by atoms with Crippen molar-refractivity contribution in [1.82, 2.24) is 0 Å². The molecule has 0 aromatic heterocycles. The number of anilines is 2. The first-order valence-electron chi connectivity index (χ1n) is 10.2. The molecule has 0 bridgehead atoms.